The highest BCUT2D eigenvalue weighted by Crippen LogP contribution is 2.23. The highest BCUT2D eigenvalue weighted by molar-refractivity contribution is 6.30. The fraction of sp³-hybridized carbons (Fsp3) is 0.429. The van der Waals surface area contributed by atoms with Gasteiger partial charge in [0.25, 0.3) is 0 Å². The fourth-order valence-electron chi connectivity index (χ4n) is 1.40. The third kappa shape index (κ3) is 4.80. The van der Waals surface area contributed by atoms with E-state index in [1.165, 1.54) is 0 Å². The molecular weight excluding hydrogens is 234 g/mol. The van der Waals surface area contributed by atoms with Crippen LogP contribution in [-0.2, 0) is 6.54 Å². The Hall–Kier alpha value is -0.990. The van der Waals surface area contributed by atoms with E-state index >= 15 is 0 Å². The van der Waals surface area contributed by atoms with Gasteiger partial charge in [0, 0.05) is 23.2 Å². The predicted molar refractivity (Wildman–Crippen MR) is 73.7 cm³/mol. The van der Waals surface area contributed by atoms with Crippen LogP contribution < -0.4 is 10.1 Å². The van der Waals surface area contributed by atoms with Crippen molar-refractivity contribution in [3.05, 3.63) is 41.4 Å². The van der Waals surface area contributed by atoms with Gasteiger partial charge in [-0.1, -0.05) is 31.2 Å². The lowest BCUT2D eigenvalue weighted by atomic mass is 10.1. The van der Waals surface area contributed by atoms with Gasteiger partial charge >= 0.3 is 0 Å². The molecule has 0 bridgehead atoms. The lowest BCUT2D eigenvalue weighted by molar-refractivity contribution is 0.356. The Morgan fingerprint density at radius 1 is 1.53 bits per heavy atom. The van der Waals surface area contributed by atoms with E-state index in [0.29, 0.717) is 12.6 Å². The molecule has 17 heavy (non-hydrogen) atoms. The van der Waals surface area contributed by atoms with E-state index in [1.807, 2.05) is 18.2 Å². The minimum Gasteiger partial charge on any atom is -0.489 e. The van der Waals surface area contributed by atoms with Gasteiger partial charge in [-0.15, -0.1) is 0 Å². The minimum absolute atomic E-state index is 0.487. The third-order valence-electron chi connectivity index (χ3n) is 2.63. The summed E-state index contributed by atoms with van der Waals surface area (Å²) >= 11 is 6.00. The Morgan fingerprint density at radius 2 is 2.29 bits per heavy atom. The van der Waals surface area contributed by atoms with E-state index in [9.17, 15) is 0 Å². The Bertz CT molecular complexity index is 365. The molecule has 0 heterocycles. The molecule has 0 amide bonds. The van der Waals surface area contributed by atoms with Crippen LogP contribution in [0, 0.1) is 0 Å². The van der Waals surface area contributed by atoms with Crippen LogP contribution in [0.1, 0.15) is 25.8 Å². The Labute approximate surface area is 109 Å². The van der Waals surface area contributed by atoms with E-state index in [-0.39, 0.29) is 0 Å². The summed E-state index contributed by atoms with van der Waals surface area (Å²) in [5, 5.41) is 4.16. The van der Waals surface area contributed by atoms with E-state index in [2.05, 4.69) is 25.7 Å². The Kier molecular flexibility index (Phi) is 6.09. The monoisotopic (exact) mass is 253 g/mol. The molecule has 0 aliphatic heterocycles. The number of rotatable bonds is 7. The average Bonchev–Trinajstić information content (AvgIpc) is 2.34. The van der Waals surface area contributed by atoms with Crippen LogP contribution in [0.3, 0.4) is 0 Å². The molecular formula is C14H20ClNO. The Morgan fingerprint density at radius 3 is 2.94 bits per heavy atom. The van der Waals surface area contributed by atoms with Crippen molar-refractivity contribution in [2.24, 2.45) is 0 Å². The molecule has 2 nitrogen and oxygen atoms in total. The van der Waals surface area contributed by atoms with Gasteiger partial charge in [0.15, 0.2) is 0 Å². The van der Waals surface area contributed by atoms with Gasteiger partial charge in [-0.05, 0) is 31.5 Å². The smallest absolute Gasteiger partial charge is 0.124 e. The van der Waals surface area contributed by atoms with Crippen LogP contribution in [0.15, 0.2) is 30.9 Å². The Balaban J connectivity index is 2.72. The summed E-state index contributed by atoms with van der Waals surface area (Å²) in [6.07, 6.45) is 2.84. The van der Waals surface area contributed by atoms with E-state index in [1.54, 1.807) is 6.08 Å². The van der Waals surface area contributed by atoms with Crippen molar-refractivity contribution in [2.75, 3.05) is 6.61 Å². The van der Waals surface area contributed by atoms with Gasteiger partial charge in [-0.3, -0.25) is 0 Å². The van der Waals surface area contributed by atoms with Crippen LogP contribution >= 0.6 is 11.6 Å². The second-order valence-corrected chi connectivity index (χ2v) is 4.48. The highest BCUT2D eigenvalue weighted by atomic mass is 35.5. The van der Waals surface area contributed by atoms with Gasteiger partial charge < -0.3 is 10.1 Å². The maximum atomic E-state index is 6.00. The number of hydrogen-bond donors (Lipinski definition) is 1. The van der Waals surface area contributed by atoms with Crippen LogP contribution in [0.4, 0.5) is 0 Å². The topological polar surface area (TPSA) is 21.3 Å². The van der Waals surface area contributed by atoms with Crippen LogP contribution in [0.25, 0.3) is 0 Å². The molecule has 1 aromatic rings. The summed E-state index contributed by atoms with van der Waals surface area (Å²) in [4.78, 5) is 0. The van der Waals surface area contributed by atoms with Gasteiger partial charge in [-0.2, -0.15) is 0 Å². The average molecular weight is 254 g/mol. The number of ether oxygens (including phenoxy) is 1. The lowest BCUT2D eigenvalue weighted by Gasteiger charge is -2.14. The maximum absolute atomic E-state index is 6.00. The number of hydrogen-bond acceptors (Lipinski definition) is 2. The van der Waals surface area contributed by atoms with E-state index < -0.39 is 0 Å². The van der Waals surface area contributed by atoms with E-state index in [0.717, 1.165) is 29.3 Å². The lowest BCUT2D eigenvalue weighted by Crippen LogP contribution is -2.24. The quantitative estimate of drug-likeness (QED) is 0.747. The summed E-state index contributed by atoms with van der Waals surface area (Å²) in [6.45, 7) is 9.24. The molecule has 0 saturated heterocycles. The molecule has 0 aliphatic rings. The van der Waals surface area contributed by atoms with Gasteiger partial charge in [0.1, 0.15) is 12.4 Å². The summed E-state index contributed by atoms with van der Waals surface area (Å²) in [6, 6.07) is 6.17. The fourth-order valence-corrected chi connectivity index (χ4v) is 1.60. The van der Waals surface area contributed by atoms with Crippen molar-refractivity contribution >= 4 is 11.6 Å². The van der Waals surface area contributed by atoms with E-state index in [4.69, 9.17) is 16.3 Å². The zero-order chi connectivity index (χ0) is 12.7. The predicted octanol–water partition coefficient (Wildman–Crippen LogP) is 3.79. The van der Waals surface area contributed by atoms with Crippen LogP contribution in [0.5, 0.6) is 5.75 Å². The molecule has 1 N–H and O–H groups in total. The molecule has 0 aromatic heterocycles. The van der Waals surface area contributed by atoms with Crippen LogP contribution in [0.2, 0.25) is 5.02 Å². The minimum atomic E-state index is 0.487. The SMILES string of the molecule is C=CCOc1ccc(Cl)cc1CN[C@H](C)CC. The number of nitrogens with one attached hydrogen (secondary N) is 1. The van der Waals surface area contributed by atoms with Gasteiger partial charge in [0.2, 0.25) is 0 Å². The first-order chi connectivity index (χ1) is 8.17. The first-order valence-corrected chi connectivity index (χ1v) is 6.30. The van der Waals surface area contributed by atoms with Crippen molar-refractivity contribution in [2.45, 2.75) is 32.9 Å². The highest BCUT2D eigenvalue weighted by Gasteiger charge is 2.06. The normalized spacial score (nSPS) is 12.2. The van der Waals surface area contributed by atoms with Gasteiger partial charge in [-0.25, -0.2) is 0 Å². The van der Waals surface area contributed by atoms with Crippen molar-refractivity contribution in [1.82, 2.24) is 5.32 Å². The summed E-state index contributed by atoms with van der Waals surface area (Å²) in [7, 11) is 0. The summed E-state index contributed by atoms with van der Waals surface area (Å²) in [5.41, 5.74) is 1.08. The van der Waals surface area contributed by atoms with Crippen LogP contribution in [-0.4, -0.2) is 12.6 Å². The zero-order valence-corrected chi connectivity index (χ0v) is 11.3. The maximum Gasteiger partial charge on any atom is 0.124 e. The second kappa shape index (κ2) is 7.36. The molecule has 0 unspecified atom stereocenters. The molecule has 1 aromatic carbocycles. The van der Waals surface area contributed by atoms with Crippen molar-refractivity contribution < 1.29 is 4.74 Å². The second-order valence-electron chi connectivity index (χ2n) is 4.04. The molecule has 1 rings (SSSR count). The largest absolute Gasteiger partial charge is 0.489 e. The number of benzene rings is 1. The molecule has 0 spiro atoms. The molecule has 0 radical (unpaired) electrons. The first-order valence-electron chi connectivity index (χ1n) is 5.92. The molecule has 94 valence electrons. The molecule has 3 heteroatoms. The van der Waals surface area contributed by atoms with Crippen molar-refractivity contribution in [3.8, 4) is 5.75 Å². The van der Waals surface area contributed by atoms with Crippen molar-refractivity contribution in [3.63, 3.8) is 0 Å². The number of halogens is 1. The molecule has 0 fully saturated rings. The van der Waals surface area contributed by atoms with Crippen molar-refractivity contribution in [1.29, 1.82) is 0 Å². The summed E-state index contributed by atoms with van der Waals surface area (Å²) in [5.74, 6) is 0.866. The molecule has 1 atom stereocenters. The zero-order valence-electron chi connectivity index (χ0n) is 10.5. The third-order valence-corrected chi connectivity index (χ3v) is 2.87. The summed E-state index contributed by atoms with van der Waals surface area (Å²) < 4.78 is 5.59. The first kappa shape index (κ1) is 14.1. The molecule has 0 aliphatic carbocycles. The van der Waals surface area contributed by atoms with Gasteiger partial charge in [0.05, 0.1) is 0 Å². The standard InChI is InChI=1S/C14H20ClNO/c1-4-8-17-14-7-6-13(15)9-12(14)10-16-11(3)5-2/h4,6-7,9,11,16H,1,5,8,10H2,2-3H3/t11-/m1/s1. The molecule has 0 saturated carbocycles.